The Morgan fingerprint density at radius 2 is 1.93 bits per heavy atom. The molecule has 0 fully saturated rings. The fraction of sp³-hybridized carbons (Fsp3) is 0.200. The van der Waals surface area contributed by atoms with Gasteiger partial charge in [0.1, 0.15) is 18.0 Å². The summed E-state index contributed by atoms with van der Waals surface area (Å²) in [5.41, 5.74) is 0.453. The normalized spacial score (nSPS) is 11.9. The number of rotatable bonds is 4. The molecule has 78 valence electrons. The molecule has 0 unspecified atom stereocenters. The van der Waals surface area contributed by atoms with Crippen molar-refractivity contribution in [2.75, 3.05) is 0 Å². The van der Waals surface area contributed by atoms with Crippen LogP contribution in [-0.2, 0) is 4.79 Å². The van der Waals surface area contributed by atoms with Gasteiger partial charge in [-0.2, -0.15) is 14.0 Å². The number of alkyl halides is 2. The molecule has 0 aliphatic carbocycles. The topological polar surface area (TPSA) is 50.1 Å². The lowest BCUT2D eigenvalue weighted by Crippen LogP contribution is -2.02. The van der Waals surface area contributed by atoms with Crippen LogP contribution < -0.4 is 4.74 Å². The molecule has 1 aromatic rings. The number of nitriles is 1. The van der Waals surface area contributed by atoms with Gasteiger partial charge in [0.2, 0.25) is 0 Å². The average Bonchev–Trinajstić information content (AvgIpc) is 2.21. The third-order valence-electron chi connectivity index (χ3n) is 1.74. The molecular weight excluding hydrogens is 204 g/mol. The minimum Gasteiger partial charge on any atom is -0.435 e. The van der Waals surface area contributed by atoms with Gasteiger partial charge in [-0.15, -0.1) is 0 Å². The van der Waals surface area contributed by atoms with E-state index in [-0.39, 0.29) is 5.75 Å². The van der Waals surface area contributed by atoms with Crippen LogP contribution >= 0.6 is 0 Å². The minimum atomic E-state index is -2.88. The second kappa shape index (κ2) is 5.05. The smallest absolute Gasteiger partial charge is 0.387 e. The van der Waals surface area contributed by atoms with Crippen molar-refractivity contribution in [3.05, 3.63) is 29.8 Å². The molecule has 1 atom stereocenters. The number of halogens is 2. The molecule has 0 bridgehead atoms. The predicted octanol–water partition coefficient (Wildman–Crippen LogP) is 2.09. The van der Waals surface area contributed by atoms with Crippen LogP contribution in [0.4, 0.5) is 8.78 Å². The summed E-state index contributed by atoms with van der Waals surface area (Å²) in [4.78, 5) is 10.4. The van der Waals surface area contributed by atoms with E-state index in [1.165, 1.54) is 24.3 Å². The number of ether oxygens (including phenoxy) is 1. The molecular formula is C10H7F2NO2. The van der Waals surface area contributed by atoms with Crippen molar-refractivity contribution >= 4 is 6.29 Å². The summed E-state index contributed by atoms with van der Waals surface area (Å²) < 4.78 is 27.7. The monoisotopic (exact) mass is 211 g/mol. The number of hydrogen-bond acceptors (Lipinski definition) is 3. The van der Waals surface area contributed by atoms with E-state index in [4.69, 9.17) is 5.26 Å². The zero-order chi connectivity index (χ0) is 11.3. The van der Waals surface area contributed by atoms with E-state index in [1.54, 1.807) is 6.07 Å². The van der Waals surface area contributed by atoms with E-state index in [1.807, 2.05) is 0 Å². The Balaban J connectivity index is 2.81. The summed E-state index contributed by atoms with van der Waals surface area (Å²) in [6, 6.07) is 7.15. The summed E-state index contributed by atoms with van der Waals surface area (Å²) in [5.74, 6) is -0.873. The molecule has 0 radical (unpaired) electrons. The number of carbonyl (C=O) groups excluding carboxylic acids is 1. The molecule has 0 N–H and O–H groups in total. The number of benzene rings is 1. The summed E-state index contributed by atoms with van der Waals surface area (Å²) in [5, 5.41) is 8.56. The molecule has 0 amide bonds. The van der Waals surface area contributed by atoms with Crippen LogP contribution in [0.15, 0.2) is 24.3 Å². The molecule has 0 aliphatic heterocycles. The van der Waals surface area contributed by atoms with Gasteiger partial charge < -0.3 is 9.53 Å². The van der Waals surface area contributed by atoms with Crippen LogP contribution in [0.1, 0.15) is 11.5 Å². The Bertz CT molecular complexity index is 370. The largest absolute Gasteiger partial charge is 0.435 e. The van der Waals surface area contributed by atoms with Crippen LogP contribution in [0, 0.1) is 11.3 Å². The molecule has 1 aromatic carbocycles. The fourth-order valence-electron chi connectivity index (χ4n) is 1.04. The zero-order valence-electron chi connectivity index (χ0n) is 7.56. The van der Waals surface area contributed by atoms with Gasteiger partial charge in [-0.3, -0.25) is 0 Å². The molecule has 1 rings (SSSR count). The highest BCUT2D eigenvalue weighted by Gasteiger charge is 2.09. The third-order valence-corrected chi connectivity index (χ3v) is 1.74. The first kappa shape index (κ1) is 11.1. The second-order valence-corrected chi connectivity index (χ2v) is 2.69. The maximum absolute atomic E-state index is 11.8. The van der Waals surface area contributed by atoms with Gasteiger partial charge in [0, 0.05) is 0 Å². The summed E-state index contributed by atoms with van der Waals surface area (Å²) >= 11 is 0. The summed E-state index contributed by atoms with van der Waals surface area (Å²) in [7, 11) is 0. The molecule has 0 heterocycles. The van der Waals surface area contributed by atoms with E-state index in [0.717, 1.165) is 0 Å². The SMILES string of the molecule is N#C[C@@H](C=O)c1ccc(OC(F)F)cc1. The van der Waals surface area contributed by atoms with Gasteiger partial charge in [-0.25, -0.2) is 0 Å². The lowest BCUT2D eigenvalue weighted by Gasteiger charge is -2.05. The lowest BCUT2D eigenvalue weighted by atomic mass is 10.0. The van der Waals surface area contributed by atoms with E-state index < -0.39 is 12.5 Å². The third kappa shape index (κ3) is 3.02. The fourth-order valence-corrected chi connectivity index (χ4v) is 1.04. The van der Waals surface area contributed by atoms with E-state index in [2.05, 4.69) is 4.74 Å². The molecule has 0 saturated carbocycles. The highest BCUT2D eigenvalue weighted by molar-refractivity contribution is 5.66. The Hall–Kier alpha value is -1.96. The van der Waals surface area contributed by atoms with Gasteiger partial charge in [0.25, 0.3) is 0 Å². The molecule has 0 spiro atoms. The van der Waals surface area contributed by atoms with Crippen molar-refractivity contribution in [3.8, 4) is 11.8 Å². The van der Waals surface area contributed by atoms with E-state index in [0.29, 0.717) is 11.8 Å². The molecule has 0 aliphatic rings. The Kier molecular flexibility index (Phi) is 3.75. The molecule has 0 aromatic heterocycles. The second-order valence-electron chi connectivity index (χ2n) is 2.69. The molecule has 3 nitrogen and oxygen atoms in total. The number of carbonyl (C=O) groups is 1. The van der Waals surface area contributed by atoms with Gasteiger partial charge in [0.05, 0.1) is 6.07 Å². The summed E-state index contributed by atoms with van der Waals surface area (Å²) in [6.45, 7) is -2.88. The van der Waals surface area contributed by atoms with Crippen molar-refractivity contribution in [2.45, 2.75) is 12.5 Å². The van der Waals surface area contributed by atoms with Crippen LogP contribution in [0.2, 0.25) is 0 Å². The first-order valence-electron chi connectivity index (χ1n) is 4.07. The highest BCUT2D eigenvalue weighted by Crippen LogP contribution is 2.19. The van der Waals surface area contributed by atoms with Crippen molar-refractivity contribution in [1.82, 2.24) is 0 Å². The quantitative estimate of drug-likeness (QED) is 0.716. The first-order chi connectivity index (χ1) is 7.17. The Morgan fingerprint density at radius 1 is 1.33 bits per heavy atom. The number of nitrogens with zero attached hydrogens (tertiary/aromatic N) is 1. The van der Waals surface area contributed by atoms with Crippen molar-refractivity contribution < 1.29 is 18.3 Å². The van der Waals surface area contributed by atoms with Crippen LogP contribution in [-0.4, -0.2) is 12.9 Å². The van der Waals surface area contributed by atoms with E-state index >= 15 is 0 Å². The van der Waals surface area contributed by atoms with Crippen molar-refractivity contribution in [1.29, 1.82) is 5.26 Å². The average molecular weight is 211 g/mol. The zero-order valence-corrected chi connectivity index (χ0v) is 7.56. The minimum absolute atomic E-state index is 0.00339. The standard InChI is InChI=1S/C10H7F2NO2/c11-10(12)15-9-3-1-7(2-4-9)8(5-13)6-14/h1-4,6,8,10H/t8-/m0/s1. The lowest BCUT2D eigenvalue weighted by molar-refractivity contribution is -0.108. The van der Waals surface area contributed by atoms with Gasteiger partial charge in [-0.05, 0) is 17.7 Å². The van der Waals surface area contributed by atoms with Crippen molar-refractivity contribution in [2.24, 2.45) is 0 Å². The van der Waals surface area contributed by atoms with Crippen LogP contribution in [0.3, 0.4) is 0 Å². The van der Waals surface area contributed by atoms with Gasteiger partial charge in [-0.1, -0.05) is 12.1 Å². The summed E-state index contributed by atoms with van der Waals surface area (Å²) in [6.07, 6.45) is 0.489. The van der Waals surface area contributed by atoms with Gasteiger partial charge >= 0.3 is 6.61 Å². The predicted molar refractivity (Wildman–Crippen MR) is 47.5 cm³/mol. The molecule has 5 heteroatoms. The Labute approximate surface area is 84.9 Å². The molecule has 0 saturated heterocycles. The van der Waals surface area contributed by atoms with E-state index in [9.17, 15) is 13.6 Å². The molecule has 15 heavy (non-hydrogen) atoms. The first-order valence-corrected chi connectivity index (χ1v) is 4.07. The maximum Gasteiger partial charge on any atom is 0.387 e. The number of aldehydes is 1. The van der Waals surface area contributed by atoms with Crippen LogP contribution in [0.25, 0.3) is 0 Å². The van der Waals surface area contributed by atoms with Gasteiger partial charge in [0.15, 0.2) is 0 Å². The maximum atomic E-state index is 11.8. The highest BCUT2D eigenvalue weighted by atomic mass is 19.3. The van der Waals surface area contributed by atoms with Crippen LogP contribution in [0.5, 0.6) is 5.75 Å². The Morgan fingerprint density at radius 3 is 2.33 bits per heavy atom. The van der Waals surface area contributed by atoms with Crippen molar-refractivity contribution in [3.63, 3.8) is 0 Å². The number of hydrogen-bond donors (Lipinski definition) is 0.